The van der Waals surface area contributed by atoms with E-state index in [1.54, 1.807) is 12.3 Å². The Labute approximate surface area is 107 Å². The van der Waals surface area contributed by atoms with E-state index < -0.39 is 0 Å². The number of hydrogen-bond donors (Lipinski definition) is 1. The summed E-state index contributed by atoms with van der Waals surface area (Å²) in [5, 5.41) is 4.14. The summed E-state index contributed by atoms with van der Waals surface area (Å²) >= 11 is 0. The first-order valence-electron chi connectivity index (χ1n) is 6.32. The molecular weight excluding hydrogens is 232 g/mol. The SMILES string of the molecule is CCN(CC)c1cnn(CCOCCN)c(=O)c1. The van der Waals surface area contributed by atoms with Gasteiger partial charge in [-0.15, -0.1) is 0 Å². The predicted octanol–water partition coefficient (Wildman–Crippen LogP) is 0.0648. The molecule has 6 heteroatoms. The van der Waals surface area contributed by atoms with Crippen LogP contribution in [-0.2, 0) is 11.3 Å². The monoisotopic (exact) mass is 254 g/mol. The van der Waals surface area contributed by atoms with Crippen molar-refractivity contribution in [1.82, 2.24) is 9.78 Å². The number of rotatable bonds is 8. The Balaban J connectivity index is 2.65. The Kier molecular flexibility index (Phi) is 6.38. The van der Waals surface area contributed by atoms with Crippen LogP contribution in [0.25, 0.3) is 0 Å². The summed E-state index contributed by atoms with van der Waals surface area (Å²) in [6.45, 7) is 7.73. The van der Waals surface area contributed by atoms with E-state index in [0.29, 0.717) is 26.3 Å². The molecule has 0 bridgehead atoms. The summed E-state index contributed by atoms with van der Waals surface area (Å²) in [4.78, 5) is 13.9. The third-order valence-electron chi connectivity index (χ3n) is 2.69. The molecule has 0 aliphatic heterocycles. The molecule has 0 unspecified atom stereocenters. The van der Waals surface area contributed by atoms with Crippen molar-refractivity contribution in [2.45, 2.75) is 20.4 Å². The van der Waals surface area contributed by atoms with Crippen LogP contribution in [0.1, 0.15) is 13.8 Å². The molecule has 1 aromatic heterocycles. The van der Waals surface area contributed by atoms with E-state index in [2.05, 4.69) is 23.8 Å². The minimum Gasteiger partial charge on any atom is -0.378 e. The molecule has 6 nitrogen and oxygen atoms in total. The van der Waals surface area contributed by atoms with Crippen LogP contribution in [0.3, 0.4) is 0 Å². The predicted molar refractivity (Wildman–Crippen MR) is 71.9 cm³/mol. The molecule has 0 amide bonds. The summed E-state index contributed by atoms with van der Waals surface area (Å²) in [5.41, 5.74) is 6.07. The number of nitrogens with zero attached hydrogens (tertiary/aromatic N) is 3. The van der Waals surface area contributed by atoms with E-state index in [1.165, 1.54) is 4.68 Å². The molecule has 0 radical (unpaired) electrons. The molecule has 1 rings (SSSR count). The van der Waals surface area contributed by atoms with Gasteiger partial charge in [0.1, 0.15) is 0 Å². The maximum atomic E-state index is 11.8. The van der Waals surface area contributed by atoms with Crippen molar-refractivity contribution in [3.63, 3.8) is 0 Å². The lowest BCUT2D eigenvalue weighted by Crippen LogP contribution is -2.29. The molecule has 102 valence electrons. The van der Waals surface area contributed by atoms with Crippen LogP contribution in [-0.4, -0.2) is 42.6 Å². The topological polar surface area (TPSA) is 73.4 Å². The number of aromatic nitrogens is 2. The molecule has 2 N–H and O–H groups in total. The van der Waals surface area contributed by atoms with Gasteiger partial charge in [0.05, 0.1) is 31.6 Å². The minimum absolute atomic E-state index is 0.101. The normalized spacial score (nSPS) is 10.6. The van der Waals surface area contributed by atoms with Gasteiger partial charge < -0.3 is 15.4 Å². The molecule has 0 aliphatic rings. The molecule has 0 saturated carbocycles. The Morgan fingerprint density at radius 1 is 1.39 bits per heavy atom. The largest absolute Gasteiger partial charge is 0.378 e. The van der Waals surface area contributed by atoms with Gasteiger partial charge in [-0.25, -0.2) is 4.68 Å². The van der Waals surface area contributed by atoms with Crippen LogP contribution in [0.4, 0.5) is 5.69 Å². The van der Waals surface area contributed by atoms with Gasteiger partial charge in [-0.05, 0) is 13.8 Å². The summed E-state index contributed by atoms with van der Waals surface area (Å²) < 4.78 is 6.63. The van der Waals surface area contributed by atoms with Crippen LogP contribution < -0.4 is 16.2 Å². The van der Waals surface area contributed by atoms with Gasteiger partial charge in [0.25, 0.3) is 5.56 Å². The molecule has 0 fully saturated rings. The lowest BCUT2D eigenvalue weighted by molar-refractivity contribution is 0.129. The molecule has 0 spiro atoms. The highest BCUT2D eigenvalue weighted by Gasteiger charge is 2.05. The van der Waals surface area contributed by atoms with Gasteiger partial charge in [0, 0.05) is 25.7 Å². The molecule has 18 heavy (non-hydrogen) atoms. The molecule has 0 saturated heterocycles. The Morgan fingerprint density at radius 2 is 2.11 bits per heavy atom. The first-order valence-corrected chi connectivity index (χ1v) is 6.32. The number of ether oxygens (including phenoxy) is 1. The fourth-order valence-electron chi connectivity index (χ4n) is 1.69. The summed E-state index contributed by atoms with van der Waals surface area (Å²) in [6, 6.07) is 1.61. The summed E-state index contributed by atoms with van der Waals surface area (Å²) in [7, 11) is 0. The minimum atomic E-state index is -0.101. The average Bonchev–Trinajstić information content (AvgIpc) is 2.38. The Hall–Kier alpha value is -1.40. The zero-order valence-electron chi connectivity index (χ0n) is 11.1. The van der Waals surface area contributed by atoms with E-state index in [4.69, 9.17) is 10.5 Å². The van der Waals surface area contributed by atoms with Gasteiger partial charge in [-0.2, -0.15) is 5.10 Å². The van der Waals surface area contributed by atoms with Crippen LogP contribution in [0, 0.1) is 0 Å². The number of anilines is 1. The maximum Gasteiger partial charge on any atom is 0.268 e. The van der Waals surface area contributed by atoms with E-state index in [0.717, 1.165) is 18.8 Å². The van der Waals surface area contributed by atoms with Crippen LogP contribution in [0.15, 0.2) is 17.1 Å². The number of hydrogen-bond acceptors (Lipinski definition) is 5. The van der Waals surface area contributed by atoms with Gasteiger partial charge in [-0.3, -0.25) is 4.79 Å². The van der Waals surface area contributed by atoms with Gasteiger partial charge in [0.2, 0.25) is 0 Å². The molecule has 1 aromatic rings. The fourth-order valence-corrected chi connectivity index (χ4v) is 1.69. The highest BCUT2D eigenvalue weighted by atomic mass is 16.5. The first kappa shape index (κ1) is 14.7. The van der Waals surface area contributed by atoms with E-state index >= 15 is 0 Å². The molecular formula is C12H22N4O2. The Bertz CT molecular complexity index is 401. The van der Waals surface area contributed by atoms with E-state index in [-0.39, 0.29) is 5.56 Å². The lowest BCUT2D eigenvalue weighted by Gasteiger charge is -2.20. The van der Waals surface area contributed by atoms with Gasteiger partial charge in [-0.1, -0.05) is 0 Å². The first-order chi connectivity index (χ1) is 8.72. The Morgan fingerprint density at radius 3 is 2.67 bits per heavy atom. The van der Waals surface area contributed by atoms with Crippen LogP contribution >= 0.6 is 0 Å². The molecule has 0 atom stereocenters. The van der Waals surface area contributed by atoms with E-state index in [9.17, 15) is 4.79 Å². The van der Waals surface area contributed by atoms with Gasteiger partial charge in [0.15, 0.2) is 0 Å². The van der Waals surface area contributed by atoms with Gasteiger partial charge >= 0.3 is 0 Å². The van der Waals surface area contributed by atoms with Crippen molar-refractivity contribution in [2.75, 3.05) is 37.7 Å². The van der Waals surface area contributed by atoms with Crippen molar-refractivity contribution in [3.8, 4) is 0 Å². The van der Waals surface area contributed by atoms with Crippen molar-refractivity contribution in [1.29, 1.82) is 0 Å². The van der Waals surface area contributed by atoms with E-state index in [1.807, 2.05) is 0 Å². The fraction of sp³-hybridized carbons (Fsp3) is 0.667. The molecule has 1 heterocycles. The summed E-state index contributed by atoms with van der Waals surface area (Å²) in [6.07, 6.45) is 1.72. The van der Waals surface area contributed by atoms with Crippen molar-refractivity contribution in [2.24, 2.45) is 5.73 Å². The highest BCUT2D eigenvalue weighted by molar-refractivity contribution is 5.42. The average molecular weight is 254 g/mol. The van der Waals surface area contributed by atoms with Crippen molar-refractivity contribution < 1.29 is 4.74 Å². The van der Waals surface area contributed by atoms with Crippen LogP contribution in [0.5, 0.6) is 0 Å². The van der Waals surface area contributed by atoms with Crippen molar-refractivity contribution >= 4 is 5.69 Å². The second-order valence-electron chi connectivity index (χ2n) is 3.85. The second kappa shape index (κ2) is 7.84. The third kappa shape index (κ3) is 4.12. The quantitative estimate of drug-likeness (QED) is 0.664. The molecule has 0 aromatic carbocycles. The molecule has 0 aliphatic carbocycles. The number of nitrogens with two attached hydrogens (primary N) is 1. The highest BCUT2D eigenvalue weighted by Crippen LogP contribution is 2.07. The standard InChI is InChI=1S/C12H22N4O2/c1-3-15(4-2)11-9-12(17)16(14-10-11)6-8-18-7-5-13/h9-10H,3-8,13H2,1-2H3. The second-order valence-corrected chi connectivity index (χ2v) is 3.85. The zero-order valence-corrected chi connectivity index (χ0v) is 11.1. The lowest BCUT2D eigenvalue weighted by atomic mass is 10.4. The third-order valence-corrected chi connectivity index (χ3v) is 2.69. The van der Waals surface area contributed by atoms with Crippen molar-refractivity contribution in [3.05, 3.63) is 22.6 Å². The smallest absolute Gasteiger partial charge is 0.268 e. The maximum absolute atomic E-state index is 11.8. The van der Waals surface area contributed by atoms with Crippen LogP contribution in [0.2, 0.25) is 0 Å². The zero-order chi connectivity index (χ0) is 13.4. The summed E-state index contributed by atoms with van der Waals surface area (Å²) in [5.74, 6) is 0.